The predicted molar refractivity (Wildman–Crippen MR) is 67.1 cm³/mol. The normalized spacial score (nSPS) is 18.3. The van der Waals surface area contributed by atoms with Crippen LogP contribution in [0.4, 0.5) is 8.78 Å². The quantitative estimate of drug-likeness (QED) is 0.784. The summed E-state index contributed by atoms with van der Waals surface area (Å²) >= 11 is 0. The van der Waals surface area contributed by atoms with E-state index in [-0.39, 0.29) is 17.3 Å². The lowest BCUT2D eigenvalue weighted by Gasteiger charge is -2.28. The van der Waals surface area contributed by atoms with Crippen LogP contribution >= 0.6 is 0 Å². The van der Waals surface area contributed by atoms with Crippen molar-refractivity contribution in [3.63, 3.8) is 0 Å². The van der Waals surface area contributed by atoms with Gasteiger partial charge in [0, 0.05) is 31.1 Å². The number of morpholine rings is 1. The first-order valence-electron chi connectivity index (χ1n) is 6.37. The zero-order valence-corrected chi connectivity index (χ0v) is 10.9. The summed E-state index contributed by atoms with van der Waals surface area (Å²) in [4.78, 5) is 14.3. The molecule has 1 saturated heterocycles. The molecule has 1 atom stereocenters. The fraction of sp³-hybridized carbons (Fsp3) is 0.500. The number of nitrogens with zero attached hydrogens (tertiary/aromatic N) is 1. The predicted octanol–water partition coefficient (Wildman–Crippen LogP) is 2.12. The van der Waals surface area contributed by atoms with Gasteiger partial charge >= 0.3 is 0 Å². The van der Waals surface area contributed by atoms with E-state index in [0.29, 0.717) is 19.8 Å². The van der Waals surface area contributed by atoms with E-state index >= 15 is 0 Å². The number of Topliss-reactive ketones (excluding diaryl/α,β-unsaturated/α-hetero) is 1. The van der Waals surface area contributed by atoms with Gasteiger partial charge in [-0.25, -0.2) is 8.78 Å². The van der Waals surface area contributed by atoms with Crippen molar-refractivity contribution in [3.05, 3.63) is 35.4 Å². The Morgan fingerprint density at radius 3 is 2.63 bits per heavy atom. The molecule has 0 saturated carbocycles. The molecular formula is C14H17F2NO2. The van der Waals surface area contributed by atoms with Gasteiger partial charge in [-0.3, -0.25) is 9.69 Å². The fourth-order valence-corrected chi connectivity index (χ4v) is 2.19. The summed E-state index contributed by atoms with van der Waals surface area (Å²) in [5.41, 5.74) is 0.222. The second-order valence-electron chi connectivity index (χ2n) is 4.81. The molecule has 1 heterocycles. The summed E-state index contributed by atoms with van der Waals surface area (Å²) < 4.78 is 31.2. The number of halogens is 2. The van der Waals surface area contributed by atoms with Gasteiger partial charge in [0.1, 0.15) is 0 Å². The second kappa shape index (κ2) is 6.21. The van der Waals surface area contributed by atoms with Crippen LogP contribution in [-0.2, 0) is 4.74 Å². The first kappa shape index (κ1) is 14.1. The van der Waals surface area contributed by atoms with Gasteiger partial charge in [-0.05, 0) is 18.2 Å². The van der Waals surface area contributed by atoms with Crippen LogP contribution in [0, 0.1) is 17.6 Å². The number of hydrogen-bond acceptors (Lipinski definition) is 3. The SMILES string of the molecule is CC(CN1CCOCC1)C(=O)c1ccc(F)c(F)c1. The Labute approximate surface area is 111 Å². The standard InChI is InChI=1S/C14H17F2NO2/c1-10(9-17-4-6-19-7-5-17)14(18)11-2-3-12(15)13(16)8-11/h2-3,8,10H,4-7,9H2,1H3. The molecule has 0 aliphatic carbocycles. The smallest absolute Gasteiger partial charge is 0.167 e. The van der Waals surface area contributed by atoms with E-state index in [1.165, 1.54) is 6.07 Å². The monoisotopic (exact) mass is 269 g/mol. The number of hydrogen-bond donors (Lipinski definition) is 0. The van der Waals surface area contributed by atoms with E-state index in [2.05, 4.69) is 4.90 Å². The first-order chi connectivity index (χ1) is 9.08. The van der Waals surface area contributed by atoms with Crippen LogP contribution < -0.4 is 0 Å². The minimum Gasteiger partial charge on any atom is -0.379 e. The summed E-state index contributed by atoms with van der Waals surface area (Å²) in [7, 11) is 0. The van der Waals surface area contributed by atoms with Crippen LogP contribution in [0.25, 0.3) is 0 Å². The summed E-state index contributed by atoms with van der Waals surface area (Å²) in [5, 5.41) is 0. The van der Waals surface area contributed by atoms with E-state index < -0.39 is 11.6 Å². The zero-order valence-electron chi connectivity index (χ0n) is 10.9. The van der Waals surface area contributed by atoms with Gasteiger partial charge in [0.15, 0.2) is 17.4 Å². The van der Waals surface area contributed by atoms with Crippen LogP contribution in [0.15, 0.2) is 18.2 Å². The molecule has 0 radical (unpaired) electrons. The molecule has 1 fully saturated rings. The third-order valence-corrected chi connectivity index (χ3v) is 3.29. The molecule has 1 aliphatic rings. The second-order valence-corrected chi connectivity index (χ2v) is 4.81. The number of carbonyl (C=O) groups excluding carboxylic acids is 1. The molecule has 1 aliphatic heterocycles. The molecule has 0 bridgehead atoms. The third kappa shape index (κ3) is 3.58. The van der Waals surface area contributed by atoms with Crippen LogP contribution in [0.1, 0.15) is 17.3 Å². The van der Waals surface area contributed by atoms with Crippen molar-refractivity contribution in [1.29, 1.82) is 0 Å². The summed E-state index contributed by atoms with van der Waals surface area (Å²) in [6.07, 6.45) is 0. The lowest BCUT2D eigenvalue weighted by molar-refractivity contribution is 0.0313. The average Bonchev–Trinajstić information content (AvgIpc) is 2.42. The number of benzene rings is 1. The van der Waals surface area contributed by atoms with Crippen LogP contribution in [-0.4, -0.2) is 43.5 Å². The van der Waals surface area contributed by atoms with Crippen molar-refractivity contribution < 1.29 is 18.3 Å². The van der Waals surface area contributed by atoms with Crippen molar-refractivity contribution in [2.24, 2.45) is 5.92 Å². The molecule has 104 valence electrons. The number of carbonyl (C=O) groups is 1. The van der Waals surface area contributed by atoms with Gasteiger partial charge in [-0.2, -0.15) is 0 Å². The minimum atomic E-state index is -0.982. The Morgan fingerprint density at radius 2 is 2.00 bits per heavy atom. The highest BCUT2D eigenvalue weighted by molar-refractivity contribution is 5.97. The van der Waals surface area contributed by atoms with Crippen molar-refractivity contribution in [2.75, 3.05) is 32.8 Å². The third-order valence-electron chi connectivity index (χ3n) is 3.29. The van der Waals surface area contributed by atoms with Gasteiger partial charge in [-0.15, -0.1) is 0 Å². The Hall–Kier alpha value is -1.33. The van der Waals surface area contributed by atoms with E-state index in [9.17, 15) is 13.6 Å². The lowest BCUT2D eigenvalue weighted by atomic mass is 9.98. The maximum atomic E-state index is 13.1. The zero-order chi connectivity index (χ0) is 13.8. The van der Waals surface area contributed by atoms with Crippen molar-refractivity contribution in [1.82, 2.24) is 4.90 Å². The fourth-order valence-electron chi connectivity index (χ4n) is 2.19. The summed E-state index contributed by atoms with van der Waals surface area (Å²) in [6, 6.07) is 3.29. The highest BCUT2D eigenvalue weighted by Gasteiger charge is 2.21. The highest BCUT2D eigenvalue weighted by atomic mass is 19.2. The maximum absolute atomic E-state index is 13.1. The number of rotatable bonds is 4. The molecular weight excluding hydrogens is 252 g/mol. The molecule has 1 aromatic rings. The number of ether oxygens (including phenoxy) is 1. The molecule has 3 nitrogen and oxygen atoms in total. The van der Waals surface area contributed by atoms with Crippen molar-refractivity contribution in [2.45, 2.75) is 6.92 Å². The lowest BCUT2D eigenvalue weighted by Crippen LogP contribution is -2.40. The van der Waals surface area contributed by atoms with E-state index in [4.69, 9.17) is 4.74 Å². The van der Waals surface area contributed by atoms with Crippen LogP contribution in [0.2, 0.25) is 0 Å². The average molecular weight is 269 g/mol. The van der Waals surface area contributed by atoms with Gasteiger partial charge in [0.25, 0.3) is 0 Å². The van der Waals surface area contributed by atoms with E-state index in [0.717, 1.165) is 25.2 Å². The van der Waals surface area contributed by atoms with E-state index in [1.807, 2.05) is 0 Å². The number of ketones is 1. The summed E-state index contributed by atoms with van der Waals surface area (Å²) in [6.45, 7) is 5.36. The van der Waals surface area contributed by atoms with Crippen molar-refractivity contribution >= 4 is 5.78 Å². The molecule has 0 spiro atoms. The first-order valence-corrected chi connectivity index (χ1v) is 6.37. The Kier molecular flexibility index (Phi) is 4.61. The Balaban J connectivity index is 1.99. The van der Waals surface area contributed by atoms with Gasteiger partial charge in [0.2, 0.25) is 0 Å². The molecule has 0 amide bonds. The summed E-state index contributed by atoms with van der Waals surface area (Å²) in [5.74, 6) is -2.32. The molecule has 5 heteroatoms. The molecule has 2 rings (SSSR count). The Bertz CT molecular complexity index is 459. The van der Waals surface area contributed by atoms with Crippen LogP contribution in [0.3, 0.4) is 0 Å². The molecule has 0 N–H and O–H groups in total. The van der Waals surface area contributed by atoms with Gasteiger partial charge < -0.3 is 4.74 Å². The largest absolute Gasteiger partial charge is 0.379 e. The topological polar surface area (TPSA) is 29.5 Å². The van der Waals surface area contributed by atoms with Gasteiger partial charge in [-0.1, -0.05) is 6.92 Å². The van der Waals surface area contributed by atoms with E-state index in [1.54, 1.807) is 6.92 Å². The molecule has 1 unspecified atom stereocenters. The minimum absolute atomic E-state index is 0.162. The van der Waals surface area contributed by atoms with Gasteiger partial charge in [0.05, 0.1) is 13.2 Å². The van der Waals surface area contributed by atoms with Crippen molar-refractivity contribution in [3.8, 4) is 0 Å². The van der Waals surface area contributed by atoms with Crippen LogP contribution in [0.5, 0.6) is 0 Å². The molecule has 19 heavy (non-hydrogen) atoms. The maximum Gasteiger partial charge on any atom is 0.167 e. The Morgan fingerprint density at radius 1 is 1.32 bits per heavy atom. The highest BCUT2D eigenvalue weighted by Crippen LogP contribution is 2.14. The molecule has 1 aromatic carbocycles. The molecule has 0 aromatic heterocycles.